The van der Waals surface area contributed by atoms with E-state index in [1.165, 1.54) is 12.1 Å². The normalized spacial score (nSPS) is 12.7. The zero-order valence-corrected chi connectivity index (χ0v) is 14.8. The van der Waals surface area contributed by atoms with Gasteiger partial charge in [-0.3, -0.25) is 4.79 Å². The Morgan fingerprint density at radius 2 is 1.92 bits per heavy atom. The number of hydrogen-bond donors (Lipinski definition) is 2. The van der Waals surface area contributed by atoms with Crippen LogP contribution in [0.4, 0.5) is 4.39 Å². The fraction of sp³-hybridized carbons (Fsp3) is 0.263. The number of nitrogens with zero attached hydrogens (tertiary/aromatic N) is 1. The van der Waals surface area contributed by atoms with E-state index < -0.39 is 0 Å². The molecule has 0 aliphatic carbocycles. The van der Waals surface area contributed by atoms with Gasteiger partial charge in [-0.1, -0.05) is 37.6 Å². The summed E-state index contributed by atoms with van der Waals surface area (Å²) in [6.07, 6.45) is 0. The van der Waals surface area contributed by atoms with Gasteiger partial charge in [0.1, 0.15) is 18.4 Å². The van der Waals surface area contributed by atoms with Crippen LogP contribution in [0, 0.1) is 11.7 Å². The van der Waals surface area contributed by atoms with Crippen LogP contribution in [0.1, 0.15) is 31.3 Å². The lowest BCUT2D eigenvalue weighted by atomic mass is 9.96. The first-order valence-corrected chi connectivity index (χ1v) is 8.59. The van der Waals surface area contributed by atoms with Crippen molar-refractivity contribution < 1.29 is 9.71 Å². The Morgan fingerprint density at radius 1 is 1.20 bits per heavy atom. The summed E-state index contributed by atoms with van der Waals surface area (Å²) in [6.45, 7) is 4.74. The Labute approximate surface area is 150 Å². The predicted molar refractivity (Wildman–Crippen MR) is 97.0 cm³/mol. The number of quaternary nitrogens is 1. The SMILES string of the molecule is CC(C)[C@@H]([NH2+]Cc1nc2cc(Cl)ccc2c(=O)[nH]1)c1ccc(F)cc1. The third-order valence-corrected chi connectivity index (χ3v) is 4.49. The van der Waals surface area contributed by atoms with E-state index in [0.717, 1.165) is 5.56 Å². The number of nitrogens with two attached hydrogens (primary N) is 1. The van der Waals surface area contributed by atoms with Crippen molar-refractivity contribution in [2.24, 2.45) is 5.92 Å². The van der Waals surface area contributed by atoms with Crippen molar-refractivity contribution in [1.82, 2.24) is 9.97 Å². The Balaban J connectivity index is 1.84. The lowest BCUT2D eigenvalue weighted by Crippen LogP contribution is -2.85. The van der Waals surface area contributed by atoms with E-state index in [1.807, 2.05) is 0 Å². The van der Waals surface area contributed by atoms with Gasteiger partial charge in [-0.15, -0.1) is 0 Å². The minimum Gasteiger partial charge on any atom is -0.334 e. The fourth-order valence-electron chi connectivity index (χ4n) is 2.97. The molecule has 2 aromatic carbocycles. The molecule has 0 saturated carbocycles. The van der Waals surface area contributed by atoms with E-state index in [0.29, 0.717) is 34.2 Å². The maximum absolute atomic E-state index is 13.2. The minimum absolute atomic E-state index is 0.140. The molecule has 0 amide bonds. The zero-order chi connectivity index (χ0) is 18.0. The van der Waals surface area contributed by atoms with Crippen molar-refractivity contribution in [2.45, 2.75) is 26.4 Å². The molecule has 0 spiro atoms. The summed E-state index contributed by atoms with van der Waals surface area (Å²) in [4.78, 5) is 19.5. The molecule has 0 aliphatic rings. The van der Waals surface area contributed by atoms with Crippen LogP contribution < -0.4 is 10.9 Å². The van der Waals surface area contributed by atoms with E-state index >= 15 is 0 Å². The van der Waals surface area contributed by atoms with E-state index in [2.05, 4.69) is 29.1 Å². The monoisotopic (exact) mass is 360 g/mol. The highest BCUT2D eigenvalue weighted by Gasteiger charge is 2.20. The van der Waals surface area contributed by atoms with Gasteiger partial charge in [0, 0.05) is 16.5 Å². The van der Waals surface area contributed by atoms with Gasteiger partial charge in [0.05, 0.1) is 10.9 Å². The molecule has 25 heavy (non-hydrogen) atoms. The molecule has 1 aromatic heterocycles. The van der Waals surface area contributed by atoms with Crippen LogP contribution in [-0.2, 0) is 6.54 Å². The van der Waals surface area contributed by atoms with Crippen molar-refractivity contribution >= 4 is 22.5 Å². The minimum atomic E-state index is -0.247. The highest BCUT2D eigenvalue weighted by Crippen LogP contribution is 2.18. The molecule has 1 atom stereocenters. The maximum atomic E-state index is 13.2. The summed E-state index contributed by atoms with van der Waals surface area (Å²) < 4.78 is 13.2. The topological polar surface area (TPSA) is 62.4 Å². The third-order valence-electron chi connectivity index (χ3n) is 4.26. The predicted octanol–water partition coefficient (Wildman–Crippen LogP) is 3.18. The number of rotatable bonds is 5. The third kappa shape index (κ3) is 4.06. The molecular formula is C19H20ClFN3O+. The molecule has 0 radical (unpaired) electrons. The van der Waals surface area contributed by atoms with Crippen LogP contribution in [0.3, 0.4) is 0 Å². The van der Waals surface area contributed by atoms with Crippen LogP contribution in [0.15, 0.2) is 47.3 Å². The Morgan fingerprint density at radius 3 is 2.60 bits per heavy atom. The number of benzene rings is 2. The molecule has 4 nitrogen and oxygen atoms in total. The second-order valence-corrected chi connectivity index (χ2v) is 6.87. The molecule has 0 saturated heterocycles. The molecule has 0 fully saturated rings. The van der Waals surface area contributed by atoms with Gasteiger partial charge < -0.3 is 10.3 Å². The number of aromatic amines is 1. The van der Waals surface area contributed by atoms with E-state index in [1.54, 1.807) is 30.3 Å². The number of aromatic nitrogens is 2. The van der Waals surface area contributed by atoms with E-state index in [9.17, 15) is 9.18 Å². The van der Waals surface area contributed by atoms with Crippen LogP contribution in [0.5, 0.6) is 0 Å². The van der Waals surface area contributed by atoms with Gasteiger partial charge in [0.25, 0.3) is 5.56 Å². The standard InChI is InChI=1S/C19H19ClFN3O/c1-11(2)18(12-3-6-14(21)7-4-12)22-10-17-23-16-9-13(20)5-8-15(16)19(25)24-17/h3-9,11,18,22H,10H2,1-2H3,(H,23,24,25)/p+1/t18-/m1/s1. The molecule has 3 rings (SSSR count). The Hall–Kier alpha value is -2.24. The lowest BCUT2D eigenvalue weighted by molar-refractivity contribution is -0.718. The second kappa shape index (κ2) is 7.33. The number of hydrogen-bond acceptors (Lipinski definition) is 2. The molecule has 0 bridgehead atoms. The summed E-state index contributed by atoms with van der Waals surface area (Å²) >= 11 is 5.99. The molecule has 3 aromatic rings. The fourth-order valence-corrected chi connectivity index (χ4v) is 3.14. The summed E-state index contributed by atoms with van der Waals surface area (Å²) in [5.41, 5.74) is 1.46. The van der Waals surface area contributed by atoms with Gasteiger partial charge in [-0.05, 0) is 30.3 Å². The Bertz CT molecular complexity index is 938. The highest BCUT2D eigenvalue weighted by atomic mass is 35.5. The average molecular weight is 361 g/mol. The molecule has 130 valence electrons. The van der Waals surface area contributed by atoms with Crippen LogP contribution in [0.25, 0.3) is 10.9 Å². The van der Waals surface area contributed by atoms with Crippen LogP contribution in [0.2, 0.25) is 5.02 Å². The second-order valence-electron chi connectivity index (χ2n) is 6.44. The van der Waals surface area contributed by atoms with E-state index in [4.69, 9.17) is 11.6 Å². The quantitative estimate of drug-likeness (QED) is 0.734. The first-order valence-electron chi connectivity index (χ1n) is 8.21. The van der Waals surface area contributed by atoms with Crippen molar-refractivity contribution in [2.75, 3.05) is 0 Å². The van der Waals surface area contributed by atoms with Crippen molar-refractivity contribution in [1.29, 1.82) is 0 Å². The van der Waals surface area contributed by atoms with Gasteiger partial charge in [-0.2, -0.15) is 0 Å². The molecule has 3 N–H and O–H groups in total. The summed E-state index contributed by atoms with van der Waals surface area (Å²) in [5.74, 6) is 0.684. The molecule has 0 aliphatic heterocycles. The molecule has 0 unspecified atom stereocenters. The van der Waals surface area contributed by atoms with Gasteiger partial charge in [0.2, 0.25) is 0 Å². The number of nitrogens with one attached hydrogen (secondary N) is 1. The molecule has 1 heterocycles. The summed E-state index contributed by atoms with van der Waals surface area (Å²) in [6, 6.07) is 11.7. The molecule has 6 heteroatoms. The number of halogens is 2. The van der Waals surface area contributed by atoms with Crippen molar-refractivity contribution in [3.63, 3.8) is 0 Å². The maximum Gasteiger partial charge on any atom is 0.258 e. The molecular weight excluding hydrogens is 341 g/mol. The summed E-state index contributed by atoms with van der Waals surface area (Å²) in [5, 5.41) is 3.17. The largest absolute Gasteiger partial charge is 0.334 e. The summed E-state index contributed by atoms with van der Waals surface area (Å²) in [7, 11) is 0. The van der Waals surface area contributed by atoms with Crippen molar-refractivity contribution in [3.05, 3.63) is 75.0 Å². The van der Waals surface area contributed by atoms with Gasteiger partial charge in [-0.25, -0.2) is 9.37 Å². The first-order chi connectivity index (χ1) is 11.9. The van der Waals surface area contributed by atoms with E-state index in [-0.39, 0.29) is 17.4 Å². The van der Waals surface area contributed by atoms with Gasteiger partial charge in [0.15, 0.2) is 5.82 Å². The van der Waals surface area contributed by atoms with Crippen LogP contribution in [-0.4, -0.2) is 9.97 Å². The average Bonchev–Trinajstić information content (AvgIpc) is 2.56. The van der Waals surface area contributed by atoms with Crippen molar-refractivity contribution in [3.8, 4) is 0 Å². The highest BCUT2D eigenvalue weighted by molar-refractivity contribution is 6.31. The zero-order valence-electron chi connectivity index (χ0n) is 14.1. The van der Waals surface area contributed by atoms with Crippen LogP contribution >= 0.6 is 11.6 Å². The lowest BCUT2D eigenvalue weighted by Gasteiger charge is -2.19. The van der Waals surface area contributed by atoms with Gasteiger partial charge >= 0.3 is 0 Å². The number of H-pyrrole nitrogens is 1. The number of fused-ring (bicyclic) bond motifs is 1. The smallest absolute Gasteiger partial charge is 0.258 e. The Kier molecular flexibility index (Phi) is 5.16. The first kappa shape index (κ1) is 17.6.